The summed E-state index contributed by atoms with van der Waals surface area (Å²) in [7, 11) is 0.0374. The van der Waals surface area contributed by atoms with Crippen molar-refractivity contribution in [2.24, 2.45) is 0 Å². The number of hydrogen-bond donors (Lipinski definition) is 0. The molecule has 132 valence electrons. The van der Waals surface area contributed by atoms with E-state index in [4.69, 9.17) is 0 Å². The summed E-state index contributed by atoms with van der Waals surface area (Å²) in [6.45, 7) is 7.24. The Hall–Kier alpha value is -0.591. The molecule has 1 aliphatic carbocycles. The second kappa shape index (κ2) is 7.57. The van der Waals surface area contributed by atoms with Gasteiger partial charge in [-0.05, 0) is 0 Å². The van der Waals surface area contributed by atoms with Crippen molar-refractivity contribution in [2.45, 2.75) is 41.2 Å². The molecule has 0 aliphatic heterocycles. The Morgan fingerprint density at radius 3 is 2.08 bits per heavy atom. The molecule has 0 amide bonds. The fourth-order valence-corrected chi connectivity index (χ4v) is 14.1. The molecule has 0 aromatic heterocycles. The van der Waals surface area contributed by atoms with Gasteiger partial charge >= 0.3 is 160 Å². The van der Waals surface area contributed by atoms with Crippen LogP contribution in [0.2, 0.25) is 14.8 Å². The van der Waals surface area contributed by atoms with E-state index in [2.05, 4.69) is 84.1 Å². The van der Waals surface area contributed by atoms with Crippen LogP contribution in [0.25, 0.3) is 14.7 Å². The molecule has 0 fully saturated rings. The summed E-state index contributed by atoms with van der Waals surface area (Å²) in [5.74, 6) is 0. The van der Waals surface area contributed by atoms with Gasteiger partial charge in [-0.1, -0.05) is 0 Å². The van der Waals surface area contributed by atoms with Crippen molar-refractivity contribution in [3.8, 4) is 11.1 Å². The van der Waals surface area contributed by atoms with Gasteiger partial charge in [-0.2, -0.15) is 0 Å². The Balaban J connectivity index is 2.30. The van der Waals surface area contributed by atoms with Gasteiger partial charge in [-0.3, -0.25) is 0 Å². The minimum atomic E-state index is -2.24. The molecule has 0 heterocycles. The van der Waals surface area contributed by atoms with E-state index in [1.54, 1.807) is 20.3 Å². The third-order valence-corrected chi connectivity index (χ3v) is 14.6. The number of hydrogen-bond acceptors (Lipinski definition) is 0. The van der Waals surface area contributed by atoms with Gasteiger partial charge in [0.2, 0.25) is 0 Å². The van der Waals surface area contributed by atoms with Crippen molar-refractivity contribution in [3.63, 3.8) is 0 Å². The molecule has 0 radical (unpaired) electrons. The van der Waals surface area contributed by atoms with E-state index in [0.29, 0.717) is 5.66 Å². The summed E-state index contributed by atoms with van der Waals surface area (Å²) >= 11 is -2.24. The molecule has 25 heavy (non-hydrogen) atoms. The Labute approximate surface area is 159 Å². The Kier molecular flexibility index (Phi) is 5.81. The molecule has 0 spiro atoms. The van der Waals surface area contributed by atoms with E-state index in [1.807, 2.05) is 0 Å². The molecule has 3 rings (SSSR count). The number of allylic oxidation sites excluding steroid dienone is 1. The number of rotatable bonds is 5. The second-order valence-electron chi connectivity index (χ2n) is 8.07. The van der Waals surface area contributed by atoms with Crippen LogP contribution in [0.1, 0.15) is 37.6 Å². The van der Waals surface area contributed by atoms with Crippen LogP contribution < -0.4 is 0 Å². The van der Waals surface area contributed by atoms with Crippen LogP contribution in [-0.2, 0) is 0 Å². The number of benzene rings is 2. The summed E-state index contributed by atoms with van der Waals surface area (Å²) in [5, 5.41) is 0. The zero-order valence-electron chi connectivity index (χ0n) is 16.6. The maximum absolute atomic E-state index is 2.58. The fraction of sp³-hybridized carbons (Fsp3) is 0.391. The average Bonchev–Trinajstić information content (AvgIpc) is 2.89. The van der Waals surface area contributed by atoms with Gasteiger partial charge in [0.15, 0.2) is 0 Å². The van der Waals surface area contributed by atoms with Crippen molar-refractivity contribution in [2.75, 3.05) is 12.3 Å². The van der Waals surface area contributed by atoms with Crippen LogP contribution in [0, 0.1) is 0 Å². The molecular formula is C23H31PSn. The Morgan fingerprint density at radius 1 is 0.880 bits per heavy atom. The number of fused-ring (bicyclic) bond motifs is 1. The molecule has 0 N–H and O–H groups in total. The molecule has 2 aromatic rings. The summed E-state index contributed by atoms with van der Waals surface area (Å²) in [6, 6.07) is 18.1. The van der Waals surface area contributed by atoms with Crippen molar-refractivity contribution in [3.05, 3.63) is 65.2 Å². The van der Waals surface area contributed by atoms with Crippen LogP contribution in [-0.4, -0.2) is 30.7 Å². The molecule has 1 aliphatic rings. The van der Waals surface area contributed by atoms with E-state index in [9.17, 15) is 0 Å². The fourth-order valence-electron chi connectivity index (χ4n) is 4.53. The first-order valence-corrected chi connectivity index (χ1v) is 21.3. The van der Waals surface area contributed by atoms with E-state index in [1.165, 1.54) is 23.5 Å². The van der Waals surface area contributed by atoms with Gasteiger partial charge in [0.25, 0.3) is 0 Å². The SMILES string of the molecule is CCP(CC)C1C(C)=[C]([Sn]([CH3])([CH3])[CH3])c2c(-c3ccccc3)cccc21. The van der Waals surface area contributed by atoms with Crippen molar-refractivity contribution in [1.82, 2.24) is 0 Å². The first-order valence-electron chi connectivity index (χ1n) is 9.54. The monoisotopic (exact) mass is 458 g/mol. The predicted molar refractivity (Wildman–Crippen MR) is 119 cm³/mol. The molecule has 0 saturated heterocycles. The Morgan fingerprint density at radius 2 is 1.52 bits per heavy atom. The second-order valence-corrected chi connectivity index (χ2v) is 25.3. The Bertz CT molecular complexity index is 779. The summed E-state index contributed by atoms with van der Waals surface area (Å²) in [6.07, 6.45) is 2.66. The molecule has 0 saturated carbocycles. The van der Waals surface area contributed by atoms with E-state index in [0.717, 1.165) is 0 Å². The molecular weight excluding hydrogens is 426 g/mol. The summed E-state index contributed by atoms with van der Waals surface area (Å²) in [5.41, 5.74) is 8.50. The van der Waals surface area contributed by atoms with Gasteiger partial charge in [-0.25, -0.2) is 0 Å². The van der Waals surface area contributed by atoms with Crippen molar-refractivity contribution < 1.29 is 0 Å². The first kappa shape index (κ1) is 19.2. The summed E-state index contributed by atoms with van der Waals surface area (Å²) in [4.78, 5) is 7.75. The normalized spacial score (nSPS) is 17.3. The first-order chi connectivity index (χ1) is 11.9. The zero-order chi connectivity index (χ0) is 18.2. The topological polar surface area (TPSA) is 0 Å². The molecule has 0 bridgehead atoms. The van der Waals surface area contributed by atoms with E-state index < -0.39 is 18.4 Å². The summed E-state index contributed by atoms with van der Waals surface area (Å²) < 4.78 is 1.79. The van der Waals surface area contributed by atoms with Gasteiger partial charge in [0, 0.05) is 0 Å². The van der Waals surface area contributed by atoms with Gasteiger partial charge in [-0.15, -0.1) is 0 Å². The average molecular weight is 457 g/mol. The third-order valence-electron chi connectivity index (χ3n) is 5.46. The minimum absolute atomic E-state index is 0.0374. The van der Waals surface area contributed by atoms with Crippen LogP contribution >= 0.6 is 7.92 Å². The van der Waals surface area contributed by atoms with E-state index in [-0.39, 0.29) is 7.92 Å². The maximum atomic E-state index is 2.58. The third kappa shape index (κ3) is 3.49. The van der Waals surface area contributed by atoms with Crippen LogP contribution in [0.15, 0.2) is 54.1 Å². The van der Waals surface area contributed by atoms with Crippen LogP contribution in [0.4, 0.5) is 0 Å². The molecule has 0 nitrogen and oxygen atoms in total. The van der Waals surface area contributed by atoms with E-state index >= 15 is 0 Å². The van der Waals surface area contributed by atoms with Gasteiger partial charge in [0.1, 0.15) is 0 Å². The standard InChI is InChI=1S/C20H22P.3CH3.Sn/c1-4-21(5-2)20-15(3)14-19-17(12-9-13-18(19)20)16-10-7-6-8-11-16;;;;/h6-13,20H,4-5H2,1-3H3;3*1H3;. The molecule has 2 aromatic carbocycles. The molecule has 2 heteroatoms. The van der Waals surface area contributed by atoms with Gasteiger partial charge in [0.05, 0.1) is 0 Å². The molecule has 1 unspecified atom stereocenters. The van der Waals surface area contributed by atoms with Gasteiger partial charge < -0.3 is 0 Å². The quantitative estimate of drug-likeness (QED) is 0.321. The van der Waals surface area contributed by atoms with Crippen molar-refractivity contribution in [1.29, 1.82) is 0 Å². The van der Waals surface area contributed by atoms with Crippen LogP contribution in [0.5, 0.6) is 0 Å². The van der Waals surface area contributed by atoms with Crippen LogP contribution in [0.3, 0.4) is 0 Å². The predicted octanol–water partition coefficient (Wildman–Crippen LogP) is 7.58. The zero-order valence-corrected chi connectivity index (χ0v) is 20.3. The van der Waals surface area contributed by atoms with Crippen molar-refractivity contribution >= 4 is 29.9 Å². The molecule has 1 atom stereocenters.